The van der Waals surface area contributed by atoms with Crippen molar-refractivity contribution in [3.8, 4) is 0 Å². The Bertz CT molecular complexity index is 911. The summed E-state index contributed by atoms with van der Waals surface area (Å²) < 4.78 is 16.7. The van der Waals surface area contributed by atoms with Gasteiger partial charge in [-0.05, 0) is 51.4 Å². The van der Waals surface area contributed by atoms with Crippen LogP contribution in [0, 0.1) is 0 Å². The number of esters is 3. The molecule has 0 aliphatic carbocycles. The molecule has 0 aliphatic rings. The first-order valence-electron chi connectivity index (χ1n) is 24.3. The first-order chi connectivity index (χ1) is 27.5. The molecule has 1 unspecified atom stereocenters. The zero-order chi connectivity index (χ0) is 40.8. The summed E-state index contributed by atoms with van der Waals surface area (Å²) in [4.78, 5) is 37.6. The Hall–Kier alpha value is -2.11. The van der Waals surface area contributed by atoms with E-state index in [1.165, 1.54) is 148 Å². The van der Waals surface area contributed by atoms with Gasteiger partial charge in [0.15, 0.2) is 6.10 Å². The van der Waals surface area contributed by atoms with E-state index in [1.807, 2.05) is 0 Å². The normalized spacial score (nSPS) is 12.1. The highest BCUT2D eigenvalue weighted by Gasteiger charge is 2.19. The first-order valence-corrected chi connectivity index (χ1v) is 24.3. The van der Waals surface area contributed by atoms with Gasteiger partial charge in [-0.15, -0.1) is 0 Å². The molecule has 6 nitrogen and oxygen atoms in total. The predicted octanol–water partition coefficient (Wildman–Crippen LogP) is 15.6. The second kappa shape index (κ2) is 45.6. The van der Waals surface area contributed by atoms with Crippen LogP contribution in [0.5, 0.6) is 0 Å². The van der Waals surface area contributed by atoms with Crippen molar-refractivity contribution in [1.82, 2.24) is 0 Å². The Labute approximate surface area is 347 Å². The van der Waals surface area contributed by atoms with Crippen LogP contribution < -0.4 is 0 Å². The zero-order valence-corrected chi connectivity index (χ0v) is 37.4. The summed E-state index contributed by atoms with van der Waals surface area (Å²) in [7, 11) is 0. The number of carbonyl (C=O) groups excluding carboxylic acids is 3. The number of allylic oxidation sites excluding steroid dienone is 4. The summed E-state index contributed by atoms with van der Waals surface area (Å²) in [5.74, 6) is -0.879. The topological polar surface area (TPSA) is 78.9 Å². The molecule has 56 heavy (non-hydrogen) atoms. The van der Waals surface area contributed by atoms with Crippen LogP contribution >= 0.6 is 0 Å². The van der Waals surface area contributed by atoms with Crippen LogP contribution in [0.15, 0.2) is 24.3 Å². The minimum Gasteiger partial charge on any atom is -0.462 e. The molecule has 0 bridgehead atoms. The molecule has 0 N–H and O–H groups in total. The maximum absolute atomic E-state index is 12.7. The molecule has 6 heteroatoms. The van der Waals surface area contributed by atoms with Crippen LogP contribution in [-0.4, -0.2) is 37.2 Å². The lowest BCUT2D eigenvalue weighted by atomic mass is 10.0. The smallest absolute Gasteiger partial charge is 0.306 e. The third-order valence-electron chi connectivity index (χ3n) is 10.7. The molecule has 0 aliphatic heterocycles. The van der Waals surface area contributed by atoms with Crippen molar-refractivity contribution in [3.05, 3.63) is 24.3 Å². The molecule has 0 saturated carbocycles. The maximum atomic E-state index is 12.7. The van der Waals surface area contributed by atoms with Gasteiger partial charge in [0, 0.05) is 19.3 Å². The molecule has 0 aromatic heterocycles. The van der Waals surface area contributed by atoms with E-state index in [9.17, 15) is 14.4 Å². The molecular formula is C50H92O6. The highest BCUT2D eigenvalue weighted by molar-refractivity contribution is 5.71. The van der Waals surface area contributed by atoms with Gasteiger partial charge in [0.25, 0.3) is 0 Å². The lowest BCUT2D eigenvalue weighted by molar-refractivity contribution is -0.167. The number of carbonyl (C=O) groups is 3. The van der Waals surface area contributed by atoms with Gasteiger partial charge in [0.05, 0.1) is 0 Å². The third-order valence-corrected chi connectivity index (χ3v) is 10.7. The van der Waals surface area contributed by atoms with E-state index < -0.39 is 6.10 Å². The highest BCUT2D eigenvalue weighted by atomic mass is 16.6. The van der Waals surface area contributed by atoms with Crippen LogP contribution in [0.25, 0.3) is 0 Å². The van der Waals surface area contributed by atoms with Crippen LogP contribution in [-0.2, 0) is 28.6 Å². The van der Waals surface area contributed by atoms with E-state index in [1.54, 1.807) is 0 Å². The molecule has 1 atom stereocenters. The van der Waals surface area contributed by atoms with Crippen molar-refractivity contribution < 1.29 is 28.6 Å². The van der Waals surface area contributed by atoms with Gasteiger partial charge in [-0.3, -0.25) is 14.4 Å². The average Bonchev–Trinajstić information content (AvgIpc) is 3.19. The van der Waals surface area contributed by atoms with E-state index in [0.717, 1.165) is 70.6 Å². The van der Waals surface area contributed by atoms with Gasteiger partial charge in [0.2, 0.25) is 0 Å². The molecule has 0 fully saturated rings. The van der Waals surface area contributed by atoms with Gasteiger partial charge in [-0.2, -0.15) is 0 Å². The zero-order valence-electron chi connectivity index (χ0n) is 37.4. The fourth-order valence-electron chi connectivity index (χ4n) is 7.00. The monoisotopic (exact) mass is 789 g/mol. The Balaban J connectivity index is 4.21. The van der Waals surface area contributed by atoms with Crippen molar-refractivity contribution in [3.63, 3.8) is 0 Å². The summed E-state index contributed by atoms with van der Waals surface area (Å²) in [6.45, 7) is 6.57. The van der Waals surface area contributed by atoms with E-state index in [0.29, 0.717) is 19.3 Å². The lowest BCUT2D eigenvalue weighted by Gasteiger charge is -2.18. The molecule has 0 aromatic carbocycles. The summed E-state index contributed by atoms with van der Waals surface area (Å²) in [5.41, 5.74) is 0. The van der Waals surface area contributed by atoms with Crippen molar-refractivity contribution >= 4 is 17.9 Å². The minimum atomic E-state index is -0.766. The quantitative estimate of drug-likeness (QED) is 0.0265. The highest BCUT2D eigenvalue weighted by Crippen LogP contribution is 2.15. The van der Waals surface area contributed by atoms with E-state index in [4.69, 9.17) is 14.2 Å². The van der Waals surface area contributed by atoms with Crippen molar-refractivity contribution in [2.24, 2.45) is 0 Å². The predicted molar refractivity (Wildman–Crippen MR) is 238 cm³/mol. The lowest BCUT2D eigenvalue weighted by Crippen LogP contribution is -2.30. The van der Waals surface area contributed by atoms with Crippen LogP contribution in [0.2, 0.25) is 0 Å². The Morgan fingerprint density at radius 2 is 0.643 bits per heavy atom. The van der Waals surface area contributed by atoms with Crippen LogP contribution in [0.1, 0.15) is 258 Å². The number of hydrogen-bond donors (Lipinski definition) is 0. The average molecular weight is 789 g/mol. The number of rotatable bonds is 44. The maximum Gasteiger partial charge on any atom is 0.306 e. The van der Waals surface area contributed by atoms with Crippen molar-refractivity contribution in [1.29, 1.82) is 0 Å². The minimum absolute atomic E-state index is 0.0710. The van der Waals surface area contributed by atoms with Crippen molar-refractivity contribution in [2.75, 3.05) is 13.2 Å². The standard InChI is InChI=1S/C50H92O6/c1-4-7-10-13-16-18-20-22-24-25-26-27-29-30-32-34-37-40-43-49(52)55-46-47(45-54-48(51)42-39-36-15-12-9-6-3)56-50(53)44-41-38-35-33-31-28-23-21-19-17-14-11-8-5-2/h18,20,24-25,47H,4-17,19,21-23,26-46H2,1-3H3/b20-18-,25-24-. The summed E-state index contributed by atoms with van der Waals surface area (Å²) >= 11 is 0. The molecule has 0 amide bonds. The molecule has 0 spiro atoms. The fourth-order valence-corrected chi connectivity index (χ4v) is 7.00. The molecule has 328 valence electrons. The van der Waals surface area contributed by atoms with Crippen LogP contribution in [0.4, 0.5) is 0 Å². The second-order valence-electron chi connectivity index (χ2n) is 16.4. The number of unbranched alkanes of at least 4 members (excludes halogenated alkanes) is 29. The molecular weight excluding hydrogens is 697 g/mol. The van der Waals surface area contributed by atoms with E-state index in [2.05, 4.69) is 45.1 Å². The SMILES string of the molecule is CCCCCC/C=C\C/C=C\CCCCCCCCCC(=O)OCC(COC(=O)CCCCCCCC)OC(=O)CCCCCCCCCCCCCCCC. The molecule has 0 radical (unpaired) electrons. The Morgan fingerprint density at radius 3 is 1.00 bits per heavy atom. The second-order valence-corrected chi connectivity index (χ2v) is 16.4. The summed E-state index contributed by atoms with van der Waals surface area (Å²) in [6, 6.07) is 0. The van der Waals surface area contributed by atoms with E-state index in [-0.39, 0.29) is 31.1 Å². The molecule has 0 heterocycles. The van der Waals surface area contributed by atoms with Gasteiger partial charge in [0.1, 0.15) is 13.2 Å². The number of ether oxygens (including phenoxy) is 3. The largest absolute Gasteiger partial charge is 0.462 e. The Morgan fingerprint density at radius 1 is 0.357 bits per heavy atom. The molecule has 0 saturated heterocycles. The van der Waals surface area contributed by atoms with Crippen LogP contribution in [0.3, 0.4) is 0 Å². The summed E-state index contributed by atoms with van der Waals surface area (Å²) in [6.07, 6.45) is 50.3. The van der Waals surface area contributed by atoms with Crippen molar-refractivity contribution in [2.45, 2.75) is 264 Å². The van der Waals surface area contributed by atoms with Gasteiger partial charge >= 0.3 is 17.9 Å². The fraction of sp³-hybridized carbons (Fsp3) is 0.860. The molecule has 0 aromatic rings. The van der Waals surface area contributed by atoms with E-state index >= 15 is 0 Å². The van der Waals surface area contributed by atoms with Gasteiger partial charge < -0.3 is 14.2 Å². The van der Waals surface area contributed by atoms with Gasteiger partial charge in [-0.1, -0.05) is 212 Å². The molecule has 0 rings (SSSR count). The van der Waals surface area contributed by atoms with Gasteiger partial charge in [-0.25, -0.2) is 0 Å². The third kappa shape index (κ3) is 43.0. The summed E-state index contributed by atoms with van der Waals surface area (Å²) in [5, 5.41) is 0. The first kappa shape index (κ1) is 53.9. The number of hydrogen-bond acceptors (Lipinski definition) is 6. The Kier molecular flexibility index (Phi) is 43.9.